The van der Waals surface area contributed by atoms with Crippen molar-refractivity contribution in [3.8, 4) is 5.69 Å². The maximum atomic E-state index is 9.00. The van der Waals surface area contributed by atoms with Gasteiger partial charge in [-0.05, 0) is 34.1 Å². The van der Waals surface area contributed by atoms with Crippen molar-refractivity contribution in [3.05, 3.63) is 45.7 Å². The molecule has 0 amide bonds. The lowest BCUT2D eigenvalue weighted by molar-refractivity contribution is 0.275. The fourth-order valence-corrected chi connectivity index (χ4v) is 1.83. The average Bonchev–Trinajstić information content (AvgIpc) is 2.60. The highest BCUT2D eigenvalue weighted by Gasteiger charge is 2.06. The minimum Gasteiger partial charge on any atom is -0.390 e. The van der Waals surface area contributed by atoms with Crippen molar-refractivity contribution >= 4 is 27.5 Å². The van der Waals surface area contributed by atoms with Crippen LogP contribution < -0.4 is 0 Å². The molecule has 0 aliphatic heterocycles. The Morgan fingerprint density at radius 3 is 2.87 bits per heavy atom. The molecule has 0 bridgehead atoms. The predicted octanol–water partition coefficient (Wildman–Crippen LogP) is 2.78. The summed E-state index contributed by atoms with van der Waals surface area (Å²) in [5.41, 5.74) is 1.47. The fourth-order valence-electron chi connectivity index (χ4n) is 1.25. The Balaban J connectivity index is 2.45. The van der Waals surface area contributed by atoms with E-state index in [9.17, 15) is 0 Å². The summed E-state index contributed by atoms with van der Waals surface area (Å²) in [5, 5.41) is 13.9. The Hall–Kier alpha value is -0.840. The van der Waals surface area contributed by atoms with Crippen LogP contribution in [0.2, 0.25) is 5.02 Å². The third-order valence-electron chi connectivity index (χ3n) is 1.96. The molecule has 1 heterocycles. The third-order valence-corrected chi connectivity index (χ3v) is 2.86. The molecule has 78 valence electrons. The zero-order valence-electron chi connectivity index (χ0n) is 7.69. The van der Waals surface area contributed by atoms with E-state index in [1.54, 1.807) is 16.9 Å². The van der Waals surface area contributed by atoms with Gasteiger partial charge < -0.3 is 5.11 Å². The molecule has 2 aromatic rings. The van der Waals surface area contributed by atoms with Crippen molar-refractivity contribution in [2.24, 2.45) is 0 Å². The topological polar surface area (TPSA) is 38.1 Å². The summed E-state index contributed by atoms with van der Waals surface area (Å²) in [4.78, 5) is 0. The van der Waals surface area contributed by atoms with Crippen LogP contribution in [0.5, 0.6) is 0 Å². The monoisotopic (exact) mass is 286 g/mol. The number of aliphatic hydroxyl groups is 1. The van der Waals surface area contributed by atoms with Gasteiger partial charge in [0.1, 0.15) is 5.69 Å². The van der Waals surface area contributed by atoms with Crippen LogP contribution in [0.4, 0.5) is 0 Å². The van der Waals surface area contributed by atoms with E-state index in [0.717, 1.165) is 10.2 Å². The normalized spacial score (nSPS) is 10.6. The van der Waals surface area contributed by atoms with E-state index in [1.807, 2.05) is 18.2 Å². The molecule has 0 aliphatic rings. The maximum Gasteiger partial charge on any atom is 0.102 e. The molecule has 0 unspecified atom stereocenters. The lowest BCUT2D eigenvalue weighted by Crippen LogP contribution is -1.95. The molecule has 1 aromatic heterocycles. The van der Waals surface area contributed by atoms with Crippen molar-refractivity contribution in [1.82, 2.24) is 9.78 Å². The van der Waals surface area contributed by atoms with Gasteiger partial charge in [-0.25, -0.2) is 4.68 Å². The number of aliphatic hydroxyl groups excluding tert-OH is 1. The first-order valence-corrected chi connectivity index (χ1v) is 5.48. The molecule has 0 saturated heterocycles. The molecule has 1 N–H and O–H groups in total. The van der Waals surface area contributed by atoms with Crippen LogP contribution in [0, 0.1) is 0 Å². The predicted molar refractivity (Wildman–Crippen MR) is 62.2 cm³/mol. The van der Waals surface area contributed by atoms with Gasteiger partial charge in [-0.3, -0.25) is 0 Å². The largest absolute Gasteiger partial charge is 0.390 e. The van der Waals surface area contributed by atoms with E-state index in [4.69, 9.17) is 16.7 Å². The van der Waals surface area contributed by atoms with Gasteiger partial charge in [-0.2, -0.15) is 5.10 Å². The number of hydrogen-bond donors (Lipinski definition) is 1. The minimum atomic E-state index is -0.0891. The van der Waals surface area contributed by atoms with E-state index < -0.39 is 0 Å². The summed E-state index contributed by atoms with van der Waals surface area (Å²) in [6.45, 7) is -0.0891. The second-order valence-corrected chi connectivity index (χ2v) is 4.30. The molecule has 2 rings (SSSR count). The zero-order chi connectivity index (χ0) is 10.8. The second kappa shape index (κ2) is 4.35. The number of nitrogens with zero attached hydrogens (tertiary/aromatic N) is 2. The summed E-state index contributed by atoms with van der Waals surface area (Å²) >= 11 is 9.19. The first-order chi connectivity index (χ1) is 7.20. The van der Waals surface area contributed by atoms with Crippen LogP contribution in [0.3, 0.4) is 0 Å². The van der Waals surface area contributed by atoms with Crippen molar-refractivity contribution < 1.29 is 5.11 Å². The molecule has 15 heavy (non-hydrogen) atoms. The molecular formula is C10H8BrClN2O. The van der Waals surface area contributed by atoms with Crippen molar-refractivity contribution in [2.75, 3.05) is 0 Å². The molecule has 0 radical (unpaired) electrons. The second-order valence-electron chi connectivity index (χ2n) is 3.01. The quantitative estimate of drug-likeness (QED) is 0.922. The van der Waals surface area contributed by atoms with Gasteiger partial charge in [0.25, 0.3) is 0 Å². The molecule has 0 fully saturated rings. The van der Waals surface area contributed by atoms with Crippen molar-refractivity contribution in [1.29, 1.82) is 0 Å². The van der Waals surface area contributed by atoms with Gasteiger partial charge in [0.05, 0.1) is 16.8 Å². The van der Waals surface area contributed by atoms with Crippen LogP contribution in [0.25, 0.3) is 5.69 Å². The number of benzene rings is 1. The van der Waals surface area contributed by atoms with Gasteiger partial charge >= 0.3 is 0 Å². The fraction of sp³-hybridized carbons (Fsp3) is 0.100. The molecule has 0 aliphatic carbocycles. The Bertz CT molecular complexity index is 484. The SMILES string of the molecule is OCc1nn(-c2cccc(Cl)c2)cc1Br. The Kier molecular flexibility index (Phi) is 3.09. The van der Waals surface area contributed by atoms with Gasteiger partial charge in [-0.15, -0.1) is 0 Å². The number of halogens is 2. The highest BCUT2D eigenvalue weighted by atomic mass is 79.9. The van der Waals surface area contributed by atoms with Gasteiger partial charge in [0, 0.05) is 11.2 Å². The Morgan fingerprint density at radius 1 is 1.47 bits per heavy atom. The summed E-state index contributed by atoms with van der Waals surface area (Å²) in [7, 11) is 0. The van der Waals surface area contributed by atoms with Gasteiger partial charge in [0.15, 0.2) is 0 Å². The number of rotatable bonds is 2. The van der Waals surface area contributed by atoms with E-state index in [2.05, 4.69) is 21.0 Å². The van der Waals surface area contributed by atoms with Crippen LogP contribution in [0.1, 0.15) is 5.69 Å². The maximum absolute atomic E-state index is 9.00. The number of hydrogen-bond acceptors (Lipinski definition) is 2. The van der Waals surface area contributed by atoms with E-state index >= 15 is 0 Å². The molecule has 5 heteroatoms. The summed E-state index contributed by atoms with van der Waals surface area (Å²) in [6.07, 6.45) is 1.79. The first kappa shape index (κ1) is 10.7. The summed E-state index contributed by atoms with van der Waals surface area (Å²) in [5.74, 6) is 0. The highest BCUT2D eigenvalue weighted by molar-refractivity contribution is 9.10. The summed E-state index contributed by atoms with van der Waals surface area (Å²) < 4.78 is 2.45. The standard InChI is InChI=1S/C10H8BrClN2O/c11-9-5-14(13-10(9)6-15)8-3-1-2-7(12)4-8/h1-5,15H,6H2. The van der Waals surface area contributed by atoms with E-state index in [1.165, 1.54) is 0 Å². The molecule has 0 spiro atoms. The van der Waals surface area contributed by atoms with Crippen LogP contribution in [-0.2, 0) is 6.61 Å². The highest BCUT2D eigenvalue weighted by Crippen LogP contribution is 2.19. The van der Waals surface area contributed by atoms with E-state index in [0.29, 0.717) is 10.7 Å². The minimum absolute atomic E-state index is 0.0891. The number of aromatic nitrogens is 2. The zero-order valence-corrected chi connectivity index (χ0v) is 10.0. The molecule has 0 atom stereocenters. The Morgan fingerprint density at radius 2 is 2.27 bits per heavy atom. The Labute approximate surface area is 100 Å². The smallest absolute Gasteiger partial charge is 0.102 e. The molecule has 0 saturated carbocycles. The first-order valence-electron chi connectivity index (χ1n) is 4.31. The average molecular weight is 288 g/mol. The van der Waals surface area contributed by atoms with Gasteiger partial charge in [-0.1, -0.05) is 17.7 Å². The lowest BCUT2D eigenvalue weighted by atomic mass is 10.3. The molecule has 3 nitrogen and oxygen atoms in total. The molecule has 1 aromatic carbocycles. The molecular weight excluding hydrogens is 279 g/mol. The lowest BCUT2D eigenvalue weighted by Gasteiger charge is -2.00. The van der Waals surface area contributed by atoms with Crippen LogP contribution in [-0.4, -0.2) is 14.9 Å². The van der Waals surface area contributed by atoms with Gasteiger partial charge in [0.2, 0.25) is 0 Å². The third kappa shape index (κ3) is 2.22. The van der Waals surface area contributed by atoms with E-state index in [-0.39, 0.29) is 6.61 Å². The van der Waals surface area contributed by atoms with Crippen molar-refractivity contribution in [2.45, 2.75) is 6.61 Å². The van der Waals surface area contributed by atoms with Crippen LogP contribution >= 0.6 is 27.5 Å². The van der Waals surface area contributed by atoms with Crippen molar-refractivity contribution in [3.63, 3.8) is 0 Å². The van der Waals surface area contributed by atoms with Crippen LogP contribution in [0.15, 0.2) is 34.9 Å². The summed E-state index contributed by atoms with van der Waals surface area (Å²) in [6, 6.07) is 7.36.